The number of amides is 2. The van der Waals surface area contributed by atoms with E-state index in [1.807, 2.05) is 55.1 Å². The second kappa shape index (κ2) is 10.2. The van der Waals surface area contributed by atoms with Crippen molar-refractivity contribution in [2.24, 2.45) is 5.92 Å². The van der Waals surface area contributed by atoms with Gasteiger partial charge in [-0.2, -0.15) is 0 Å². The maximum absolute atomic E-state index is 13.8. The maximum atomic E-state index is 13.8. The van der Waals surface area contributed by atoms with Crippen LogP contribution in [0.1, 0.15) is 37.9 Å². The Morgan fingerprint density at radius 1 is 1.06 bits per heavy atom. The van der Waals surface area contributed by atoms with Gasteiger partial charge >= 0.3 is 0 Å². The molecule has 2 aromatic carbocycles. The highest BCUT2D eigenvalue weighted by Gasteiger charge is 2.38. The van der Waals surface area contributed by atoms with Gasteiger partial charge in [0.05, 0.1) is 12.1 Å². The lowest BCUT2D eigenvalue weighted by Crippen LogP contribution is -2.54. The second-order valence-corrected chi connectivity index (χ2v) is 9.18. The van der Waals surface area contributed by atoms with Gasteiger partial charge in [-0.25, -0.2) is 4.98 Å². The molecule has 2 amide bonds. The fourth-order valence-electron chi connectivity index (χ4n) is 4.47. The van der Waals surface area contributed by atoms with E-state index in [1.165, 1.54) is 0 Å². The zero-order chi connectivity index (χ0) is 24.2. The number of fused-ring (bicyclic) bond motifs is 2. The molecule has 0 aliphatic carbocycles. The van der Waals surface area contributed by atoms with Crippen LogP contribution < -0.4 is 16.0 Å². The summed E-state index contributed by atoms with van der Waals surface area (Å²) in [6.07, 6.45) is 1.80. The van der Waals surface area contributed by atoms with Gasteiger partial charge in [0.15, 0.2) is 0 Å². The molecule has 3 aromatic rings. The minimum Gasteiger partial charge on any atom is -0.367 e. The summed E-state index contributed by atoms with van der Waals surface area (Å²) < 4.78 is 0. The highest BCUT2D eigenvalue weighted by Crippen LogP contribution is 2.35. The topological polar surface area (TPSA) is 86.4 Å². The molecule has 7 heteroatoms. The Kier molecular flexibility index (Phi) is 7.12. The Morgan fingerprint density at radius 2 is 1.79 bits per heavy atom. The smallest absolute Gasteiger partial charge is 0.246 e. The van der Waals surface area contributed by atoms with E-state index in [0.717, 1.165) is 27.7 Å². The van der Waals surface area contributed by atoms with Crippen LogP contribution in [0.25, 0.3) is 10.8 Å². The predicted octanol–water partition coefficient (Wildman–Crippen LogP) is 3.48. The van der Waals surface area contributed by atoms with Crippen LogP contribution in [0.15, 0.2) is 60.8 Å². The first-order valence-electron chi connectivity index (χ1n) is 11.8. The zero-order valence-corrected chi connectivity index (χ0v) is 20.2. The van der Waals surface area contributed by atoms with E-state index in [-0.39, 0.29) is 29.8 Å². The molecule has 0 saturated heterocycles. The summed E-state index contributed by atoms with van der Waals surface area (Å²) in [5.41, 5.74) is 2.26. The number of rotatable bonds is 8. The first-order valence-corrected chi connectivity index (χ1v) is 11.8. The molecule has 34 heavy (non-hydrogen) atoms. The minimum atomic E-state index is -0.601. The highest BCUT2D eigenvalue weighted by molar-refractivity contribution is 5.92. The molecule has 7 nitrogen and oxygen atoms in total. The fourth-order valence-corrected chi connectivity index (χ4v) is 4.47. The molecule has 0 radical (unpaired) electrons. The number of carbonyl (C=O) groups is 2. The third-order valence-electron chi connectivity index (χ3n) is 6.61. The summed E-state index contributed by atoms with van der Waals surface area (Å²) in [6, 6.07) is 17.1. The molecule has 3 N–H and O–H groups in total. The van der Waals surface area contributed by atoms with Crippen LogP contribution in [-0.4, -0.2) is 47.4 Å². The van der Waals surface area contributed by atoms with E-state index in [1.54, 1.807) is 20.2 Å². The summed E-state index contributed by atoms with van der Waals surface area (Å²) >= 11 is 0. The number of hydrogen-bond donors (Lipinski definition) is 3. The van der Waals surface area contributed by atoms with Gasteiger partial charge in [0.2, 0.25) is 11.8 Å². The van der Waals surface area contributed by atoms with Gasteiger partial charge < -0.3 is 20.9 Å². The van der Waals surface area contributed by atoms with E-state index in [4.69, 9.17) is 0 Å². The highest BCUT2D eigenvalue weighted by atomic mass is 16.2. The first kappa shape index (κ1) is 23.7. The molecule has 3 atom stereocenters. The molecule has 0 saturated carbocycles. The van der Waals surface area contributed by atoms with Crippen molar-refractivity contribution in [2.45, 2.75) is 45.4 Å². The molecule has 0 spiro atoms. The van der Waals surface area contributed by atoms with Crippen LogP contribution in [0.5, 0.6) is 0 Å². The van der Waals surface area contributed by atoms with Gasteiger partial charge in [0.1, 0.15) is 11.9 Å². The number of anilines is 1. The molecule has 2 heterocycles. The molecule has 1 aliphatic heterocycles. The van der Waals surface area contributed by atoms with Crippen molar-refractivity contribution in [3.05, 3.63) is 71.9 Å². The van der Waals surface area contributed by atoms with E-state index >= 15 is 0 Å². The van der Waals surface area contributed by atoms with Crippen LogP contribution in [0.3, 0.4) is 0 Å². The number of nitrogens with zero attached hydrogens (tertiary/aromatic N) is 2. The van der Waals surface area contributed by atoms with Crippen LogP contribution >= 0.6 is 0 Å². The number of hydrogen-bond acceptors (Lipinski definition) is 5. The molecule has 3 unspecified atom stereocenters. The number of carbonyl (C=O) groups excluding carboxylic acids is 2. The standard InChI is InChI=1S/C27H33N5O2/c1-17(2)24(31-26(33)18(3)28-4)27(34)32-16-20-10-6-7-11-21(20)23(32)15-30-25-22-12-8-5-9-19(22)13-14-29-25/h5-14,17-18,23-24,28H,15-16H2,1-4H3,(H,29,30)(H,31,33). The lowest BCUT2D eigenvalue weighted by molar-refractivity contribution is -0.139. The van der Waals surface area contributed by atoms with Gasteiger partial charge in [0, 0.05) is 24.7 Å². The quantitative estimate of drug-likeness (QED) is 0.480. The van der Waals surface area contributed by atoms with Crippen LogP contribution in [0.4, 0.5) is 5.82 Å². The normalized spacial score (nSPS) is 16.9. The number of nitrogens with one attached hydrogen (secondary N) is 3. The number of aromatic nitrogens is 1. The van der Waals surface area contributed by atoms with Gasteiger partial charge in [-0.15, -0.1) is 0 Å². The number of benzene rings is 2. The minimum absolute atomic E-state index is 0.0439. The third kappa shape index (κ3) is 4.75. The van der Waals surface area contributed by atoms with Gasteiger partial charge in [-0.05, 0) is 42.5 Å². The zero-order valence-electron chi connectivity index (χ0n) is 20.2. The van der Waals surface area contributed by atoms with Crippen LogP contribution in [0.2, 0.25) is 0 Å². The fraction of sp³-hybridized carbons (Fsp3) is 0.370. The van der Waals surface area contributed by atoms with Gasteiger partial charge in [-0.3, -0.25) is 9.59 Å². The Morgan fingerprint density at radius 3 is 2.56 bits per heavy atom. The summed E-state index contributed by atoms with van der Waals surface area (Å²) in [4.78, 5) is 32.8. The summed E-state index contributed by atoms with van der Waals surface area (Å²) in [7, 11) is 1.73. The van der Waals surface area contributed by atoms with Crippen molar-refractivity contribution in [1.29, 1.82) is 0 Å². The Bertz CT molecular complexity index is 1170. The Balaban J connectivity index is 1.59. The molecule has 1 aromatic heterocycles. The lowest BCUT2D eigenvalue weighted by atomic mass is 10.0. The molecule has 1 aliphatic rings. The van der Waals surface area contributed by atoms with E-state index in [2.05, 4.69) is 39.1 Å². The van der Waals surface area contributed by atoms with Crippen molar-refractivity contribution in [2.75, 3.05) is 18.9 Å². The van der Waals surface area contributed by atoms with E-state index in [0.29, 0.717) is 13.1 Å². The van der Waals surface area contributed by atoms with Crippen molar-refractivity contribution in [3.63, 3.8) is 0 Å². The van der Waals surface area contributed by atoms with Crippen molar-refractivity contribution >= 4 is 28.4 Å². The van der Waals surface area contributed by atoms with Crippen LogP contribution in [-0.2, 0) is 16.1 Å². The largest absolute Gasteiger partial charge is 0.367 e. The van der Waals surface area contributed by atoms with E-state index in [9.17, 15) is 9.59 Å². The number of pyridine rings is 1. The SMILES string of the molecule is CNC(C)C(=O)NC(C(=O)N1Cc2ccccc2C1CNc1nccc2ccccc12)C(C)C. The molecular formula is C27H33N5O2. The van der Waals surface area contributed by atoms with Crippen molar-refractivity contribution < 1.29 is 9.59 Å². The average Bonchev–Trinajstić information content (AvgIpc) is 3.23. The van der Waals surface area contributed by atoms with Crippen molar-refractivity contribution in [3.8, 4) is 0 Å². The molecule has 0 bridgehead atoms. The Hall–Kier alpha value is -3.45. The molecule has 0 fully saturated rings. The Labute approximate surface area is 200 Å². The first-order chi connectivity index (χ1) is 16.4. The summed E-state index contributed by atoms with van der Waals surface area (Å²) in [6.45, 7) is 6.75. The van der Waals surface area contributed by atoms with Crippen LogP contribution in [0, 0.1) is 5.92 Å². The van der Waals surface area contributed by atoms with Crippen molar-refractivity contribution in [1.82, 2.24) is 20.5 Å². The van der Waals surface area contributed by atoms with E-state index < -0.39 is 6.04 Å². The van der Waals surface area contributed by atoms with Gasteiger partial charge in [0.25, 0.3) is 0 Å². The van der Waals surface area contributed by atoms with Gasteiger partial charge in [-0.1, -0.05) is 62.4 Å². The predicted molar refractivity (Wildman–Crippen MR) is 135 cm³/mol. The number of likely N-dealkylation sites (N-methyl/N-ethyl adjacent to an activating group) is 1. The average molecular weight is 460 g/mol. The molecular weight excluding hydrogens is 426 g/mol. The maximum Gasteiger partial charge on any atom is 0.246 e. The summed E-state index contributed by atoms with van der Waals surface area (Å²) in [5, 5.41) is 11.5. The second-order valence-electron chi connectivity index (χ2n) is 9.18. The molecule has 178 valence electrons. The molecule has 4 rings (SSSR count). The monoisotopic (exact) mass is 459 g/mol. The third-order valence-corrected chi connectivity index (χ3v) is 6.61. The lowest BCUT2D eigenvalue weighted by Gasteiger charge is -2.32. The summed E-state index contributed by atoms with van der Waals surface area (Å²) in [5.74, 6) is 0.505.